The van der Waals surface area contributed by atoms with E-state index >= 15 is 0 Å². The first-order chi connectivity index (χ1) is 14.3. The molecule has 5 nitrogen and oxygen atoms in total. The van der Waals surface area contributed by atoms with Gasteiger partial charge < -0.3 is 14.2 Å². The number of H-pyrrole nitrogens is 1. The average Bonchev–Trinajstić information content (AvgIpc) is 3.55. The molecule has 1 atom stereocenters. The summed E-state index contributed by atoms with van der Waals surface area (Å²) in [5, 5.41) is 6.91. The van der Waals surface area contributed by atoms with Crippen LogP contribution in [0.2, 0.25) is 0 Å². The molecular formula is C24H24N4O. The quantitative estimate of drug-likeness (QED) is 0.534. The first kappa shape index (κ1) is 17.6. The molecule has 29 heavy (non-hydrogen) atoms. The summed E-state index contributed by atoms with van der Waals surface area (Å²) in [6, 6.07) is 21.4. The number of nitrogens with one attached hydrogen (secondary N) is 1. The predicted octanol–water partition coefficient (Wildman–Crippen LogP) is 4.87. The molecule has 146 valence electrons. The van der Waals surface area contributed by atoms with Crippen LogP contribution in [0.3, 0.4) is 0 Å². The van der Waals surface area contributed by atoms with Crippen LogP contribution in [0.4, 0.5) is 5.82 Å². The van der Waals surface area contributed by atoms with Crippen molar-refractivity contribution >= 4 is 5.82 Å². The molecule has 1 saturated heterocycles. The maximum atomic E-state index is 5.40. The first-order valence-corrected chi connectivity index (χ1v) is 9.97. The van der Waals surface area contributed by atoms with Crippen molar-refractivity contribution in [2.45, 2.75) is 12.3 Å². The van der Waals surface area contributed by atoms with Gasteiger partial charge >= 0.3 is 0 Å². The van der Waals surface area contributed by atoms with E-state index < -0.39 is 0 Å². The van der Waals surface area contributed by atoms with E-state index in [1.165, 1.54) is 17.1 Å². The van der Waals surface area contributed by atoms with Gasteiger partial charge in [-0.3, -0.25) is 5.10 Å². The van der Waals surface area contributed by atoms with E-state index in [-0.39, 0.29) is 0 Å². The highest BCUT2D eigenvalue weighted by atomic mass is 16.5. The van der Waals surface area contributed by atoms with E-state index in [4.69, 9.17) is 4.74 Å². The molecule has 0 amide bonds. The Morgan fingerprint density at radius 1 is 1.03 bits per heavy atom. The number of ether oxygens (including phenoxy) is 1. The molecule has 0 bridgehead atoms. The van der Waals surface area contributed by atoms with Crippen molar-refractivity contribution in [3.05, 3.63) is 84.8 Å². The predicted molar refractivity (Wildman–Crippen MR) is 116 cm³/mol. The molecule has 2 aromatic heterocycles. The topological polar surface area (TPSA) is 46.1 Å². The Kier molecular flexibility index (Phi) is 4.56. The summed E-state index contributed by atoms with van der Waals surface area (Å²) in [6.07, 6.45) is 7.05. The van der Waals surface area contributed by atoms with Crippen LogP contribution in [0.1, 0.15) is 17.9 Å². The van der Waals surface area contributed by atoms with Gasteiger partial charge in [-0.15, -0.1) is 0 Å². The van der Waals surface area contributed by atoms with Gasteiger partial charge in [-0.1, -0.05) is 24.3 Å². The van der Waals surface area contributed by atoms with Crippen LogP contribution in [0, 0.1) is 0 Å². The number of hydrogen-bond acceptors (Lipinski definition) is 3. The molecule has 1 fully saturated rings. The molecule has 2 aromatic carbocycles. The van der Waals surface area contributed by atoms with Gasteiger partial charge in [-0.25, -0.2) is 0 Å². The van der Waals surface area contributed by atoms with Crippen molar-refractivity contribution < 1.29 is 4.74 Å². The van der Waals surface area contributed by atoms with Crippen LogP contribution < -0.4 is 9.64 Å². The summed E-state index contributed by atoms with van der Waals surface area (Å²) in [7, 11) is 1.73. The summed E-state index contributed by atoms with van der Waals surface area (Å²) in [5.74, 6) is 2.70. The van der Waals surface area contributed by atoms with E-state index in [1.54, 1.807) is 7.11 Å². The molecule has 1 aliphatic heterocycles. The minimum Gasteiger partial charge on any atom is -0.497 e. The monoisotopic (exact) mass is 384 g/mol. The van der Waals surface area contributed by atoms with E-state index in [0.717, 1.165) is 36.4 Å². The van der Waals surface area contributed by atoms with Crippen molar-refractivity contribution in [3.63, 3.8) is 0 Å². The van der Waals surface area contributed by atoms with Crippen LogP contribution in [-0.4, -0.2) is 35.0 Å². The average molecular weight is 384 g/mol. The van der Waals surface area contributed by atoms with Gasteiger partial charge in [0.2, 0.25) is 0 Å². The third-order valence-electron chi connectivity index (χ3n) is 5.78. The number of anilines is 1. The number of hydrogen-bond donors (Lipinski definition) is 1. The van der Waals surface area contributed by atoms with Crippen molar-refractivity contribution in [3.8, 4) is 22.6 Å². The molecule has 0 spiro atoms. The van der Waals surface area contributed by atoms with Crippen LogP contribution in [-0.2, 0) is 0 Å². The van der Waals surface area contributed by atoms with Crippen molar-refractivity contribution in [2.24, 2.45) is 0 Å². The van der Waals surface area contributed by atoms with Crippen LogP contribution in [0.15, 0.2) is 79.3 Å². The number of nitrogens with zero attached hydrogens (tertiary/aromatic N) is 3. The summed E-state index contributed by atoms with van der Waals surface area (Å²) in [4.78, 5) is 2.48. The molecule has 1 unspecified atom stereocenters. The van der Waals surface area contributed by atoms with E-state index in [0.29, 0.717) is 5.92 Å². The van der Waals surface area contributed by atoms with Gasteiger partial charge in [0.15, 0.2) is 0 Å². The minimum absolute atomic E-state index is 0.525. The van der Waals surface area contributed by atoms with Crippen molar-refractivity contribution in [2.75, 3.05) is 25.1 Å². The second-order valence-corrected chi connectivity index (χ2v) is 7.48. The Labute approximate surface area is 170 Å². The second kappa shape index (κ2) is 7.51. The van der Waals surface area contributed by atoms with E-state index in [1.807, 2.05) is 18.5 Å². The third-order valence-corrected chi connectivity index (χ3v) is 5.78. The lowest BCUT2D eigenvalue weighted by Gasteiger charge is -2.21. The summed E-state index contributed by atoms with van der Waals surface area (Å²) < 4.78 is 7.67. The Balaban J connectivity index is 1.36. The Bertz CT molecular complexity index is 1080. The maximum Gasteiger partial charge on any atom is 0.119 e. The number of aromatic nitrogens is 3. The van der Waals surface area contributed by atoms with E-state index in [2.05, 4.69) is 80.5 Å². The number of aromatic amines is 1. The summed E-state index contributed by atoms with van der Waals surface area (Å²) in [5.41, 5.74) is 4.79. The first-order valence-electron chi connectivity index (χ1n) is 9.97. The number of methoxy groups -OCH3 is 1. The largest absolute Gasteiger partial charge is 0.497 e. The summed E-state index contributed by atoms with van der Waals surface area (Å²) in [6.45, 7) is 2.07. The fraction of sp³-hybridized carbons (Fsp3) is 0.208. The normalized spacial score (nSPS) is 16.3. The SMILES string of the molecule is COc1cccc(C2CCN(c3cccn3-c3ccc(-c4cn[nH]c4)cc3)C2)c1. The summed E-state index contributed by atoms with van der Waals surface area (Å²) >= 11 is 0. The van der Waals surface area contributed by atoms with Gasteiger partial charge in [-0.05, 0) is 53.9 Å². The molecular weight excluding hydrogens is 360 g/mol. The molecule has 0 aliphatic carbocycles. The number of benzene rings is 2. The van der Waals surface area contributed by atoms with Gasteiger partial charge in [0, 0.05) is 42.7 Å². The fourth-order valence-corrected chi connectivity index (χ4v) is 4.21. The lowest BCUT2D eigenvalue weighted by atomic mass is 9.98. The van der Waals surface area contributed by atoms with Crippen molar-refractivity contribution in [1.29, 1.82) is 0 Å². The highest BCUT2D eigenvalue weighted by Crippen LogP contribution is 2.33. The van der Waals surface area contributed by atoms with Gasteiger partial charge in [0.25, 0.3) is 0 Å². The second-order valence-electron chi connectivity index (χ2n) is 7.48. The molecule has 1 N–H and O–H groups in total. The van der Waals surface area contributed by atoms with Crippen LogP contribution in [0.5, 0.6) is 5.75 Å². The minimum atomic E-state index is 0.525. The molecule has 0 radical (unpaired) electrons. The van der Waals surface area contributed by atoms with Gasteiger partial charge in [0.05, 0.1) is 13.3 Å². The zero-order chi connectivity index (χ0) is 19.6. The highest BCUT2D eigenvalue weighted by Gasteiger charge is 2.26. The zero-order valence-corrected chi connectivity index (χ0v) is 16.5. The highest BCUT2D eigenvalue weighted by molar-refractivity contribution is 5.63. The lowest BCUT2D eigenvalue weighted by molar-refractivity contribution is 0.414. The molecule has 1 aliphatic rings. The Morgan fingerprint density at radius 2 is 1.93 bits per heavy atom. The third kappa shape index (κ3) is 3.40. The lowest BCUT2D eigenvalue weighted by Crippen LogP contribution is -2.21. The smallest absolute Gasteiger partial charge is 0.119 e. The number of rotatable bonds is 5. The molecule has 4 aromatic rings. The van der Waals surface area contributed by atoms with E-state index in [9.17, 15) is 0 Å². The maximum absolute atomic E-state index is 5.40. The fourth-order valence-electron chi connectivity index (χ4n) is 4.21. The zero-order valence-electron chi connectivity index (χ0n) is 16.5. The van der Waals surface area contributed by atoms with Crippen LogP contribution in [0.25, 0.3) is 16.8 Å². The molecule has 0 saturated carbocycles. The Morgan fingerprint density at radius 3 is 2.72 bits per heavy atom. The van der Waals surface area contributed by atoms with Gasteiger partial charge in [0.1, 0.15) is 11.6 Å². The Hall–Kier alpha value is -3.47. The van der Waals surface area contributed by atoms with Crippen LogP contribution >= 0.6 is 0 Å². The molecule has 5 rings (SSSR count). The van der Waals surface area contributed by atoms with Crippen molar-refractivity contribution in [1.82, 2.24) is 14.8 Å². The molecule has 5 heteroatoms. The van der Waals surface area contributed by atoms with Gasteiger partial charge in [-0.2, -0.15) is 5.10 Å². The standard InChI is InChI=1S/C24H24N4O/c1-29-23-5-2-4-19(14-23)20-11-13-27(17-20)24-6-3-12-28(24)22-9-7-18(8-10-22)21-15-25-26-16-21/h2-10,12,14-16,20H,11,13,17H2,1H3,(H,25,26). The molecule has 3 heterocycles.